The van der Waals surface area contributed by atoms with Crippen molar-refractivity contribution in [2.24, 2.45) is 0 Å². The first-order valence-electron chi connectivity index (χ1n) is 2.60. The summed E-state index contributed by atoms with van der Waals surface area (Å²) in [6.45, 7) is 0. The highest BCUT2D eigenvalue weighted by atomic mass is 79.9. The van der Waals surface area contributed by atoms with Gasteiger partial charge in [0.15, 0.2) is 10.8 Å². The number of hydrogen-bond donors (Lipinski definition) is 1. The minimum Gasteiger partial charge on any atom is -0.270 e. The molecule has 12 heavy (non-hydrogen) atoms. The van der Waals surface area contributed by atoms with E-state index < -0.39 is 21.2 Å². The molecule has 0 saturated carbocycles. The van der Waals surface area contributed by atoms with Crippen LogP contribution in [0.15, 0.2) is 15.7 Å². The van der Waals surface area contributed by atoms with E-state index in [1.165, 1.54) is 0 Å². The summed E-state index contributed by atoms with van der Waals surface area (Å²) in [5.41, 5.74) is -4.74. The Bertz CT molecular complexity index is 309. The number of aromatic nitrogens is 2. The van der Waals surface area contributed by atoms with E-state index in [1.54, 1.807) is 0 Å². The molecule has 0 radical (unpaired) electrons. The molecule has 8 heteroatoms. The lowest BCUT2D eigenvalue weighted by molar-refractivity contribution is -0.0384. The predicted octanol–water partition coefficient (Wildman–Crippen LogP) is 1.80. The molecule has 1 aromatic rings. The molecule has 1 atom stereocenters. The highest BCUT2D eigenvalue weighted by molar-refractivity contribution is 9.10. The Labute approximate surface area is 75.9 Å². The second-order valence-electron chi connectivity index (χ2n) is 1.76. The molecule has 0 aliphatic heterocycles. The normalized spacial score (nSPS) is 14.7. The zero-order chi connectivity index (χ0) is 9.35. The average Bonchev–Trinajstić information content (AvgIpc) is 2.31. The SMILES string of the molecule is O=S(c1cn[nH]c1Br)C(F)(F)F. The molecule has 1 N–H and O–H groups in total. The molecular weight excluding hydrogens is 261 g/mol. The van der Waals surface area contributed by atoms with Crippen molar-refractivity contribution in [1.82, 2.24) is 10.2 Å². The van der Waals surface area contributed by atoms with Gasteiger partial charge in [0.05, 0.1) is 6.20 Å². The van der Waals surface area contributed by atoms with Crippen molar-refractivity contribution in [1.29, 1.82) is 0 Å². The van der Waals surface area contributed by atoms with Crippen LogP contribution in [0.25, 0.3) is 0 Å². The molecule has 0 spiro atoms. The van der Waals surface area contributed by atoms with E-state index in [4.69, 9.17) is 0 Å². The van der Waals surface area contributed by atoms with E-state index in [-0.39, 0.29) is 4.60 Å². The average molecular weight is 263 g/mol. The zero-order valence-corrected chi connectivity index (χ0v) is 7.76. The highest BCUT2D eigenvalue weighted by Gasteiger charge is 2.39. The van der Waals surface area contributed by atoms with Gasteiger partial charge in [-0.25, -0.2) is 4.21 Å². The third-order valence-electron chi connectivity index (χ3n) is 0.971. The lowest BCUT2D eigenvalue weighted by Crippen LogP contribution is -2.15. The van der Waals surface area contributed by atoms with Crippen molar-refractivity contribution >= 4 is 26.7 Å². The zero-order valence-electron chi connectivity index (χ0n) is 5.35. The van der Waals surface area contributed by atoms with Gasteiger partial charge in [0.2, 0.25) is 0 Å². The number of H-pyrrole nitrogens is 1. The Kier molecular flexibility index (Phi) is 2.57. The summed E-state index contributed by atoms with van der Waals surface area (Å²) in [5.74, 6) is 0. The lowest BCUT2D eigenvalue weighted by atomic mass is 10.7. The Hall–Kier alpha value is -0.370. The maximum absolute atomic E-state index is 11.8. The number of nitrogens with zero attached hydrogens (tertiary/aromatic N) is 1. The largest absolute Gasteiger partial charge is 0.476 e. The van der Waals surface area contributed by atoms with Crippen LogP contribution in [-0.4, -0.2) is 19.9 Å². The third-order valence-corrected chi connectivity index (χ3v) is 2.97. The molecule has 0 fully saturated rings. The van der Waals surface area contributed by atoms with Crippen molar-refractivity contribution in [3.05, 3.63) is 10.8 Å². The third kappa shape index (κ3) is 1.86. The first kappa shape index (κ1) is 9.72. The van der Waals surface area contributed by atoms with Crippen molar-refractivity contribution < 1.29 is 17.4 Å². The fourth-order valence-corrected chi connectivity index (χ4v) is 1.77. The molecular formula is C4H2BrF3N2OS. The van der Waals surface area contributed by atoms with Crippen LogP contribution in [0, 0.1) is 0 Å². The molecule has 1 heterocycles. The van der Waals surface area contributed by atoms with Crippen LogP contribution < -0.4 is 0 Å². The topological polar surface area (TPSA) is 45.8 Å². The van der Waals surface area contributed by atoms with Gasteiger partial charge in [-0.15, -0.1) is 0 Å². The Morgan fingerprint density at radius 2 is 2.17 bits per heavy atom. The Morgan fingerprint density at radius 1 is 1.58 bits per heavy atom. The van der Waals surface area contributed by atoms with Gasteiger partial charge in [0.25, 0.3) is 0 Å². The quantitative estimate of drug-likeness (QED) is 0.839. The van der Waals surface area contributed by atoms with Crippen molar-refractivity contribution in [3.63, 3.8) is 0 Å². The first-order chi connectivity index (χ1) is 5.43. The van der Waals surface area contributed by atoms with E-state index in [2.05, 4.69) is 26.1 Å². The van der Waals surface area contributed by atoms with Crippen LogP contribution in [0.4, 0.5) is 13.2 Å². The maximum Gasteiger partial charge on any atom is 0.476 e. The Balaban J connectivity index is 3.01. The smallest absolute Gasteiger partial charge is 0.270 e. The van der Waals surface area contributed by atoms with Gasteiger partial charge in [-0.1, -0.05) is 0 Å². The molecule has 0 aliphatic carbocycles. The van der Waals surface area contributed by atoms with Crippen LogP contribution in [0.1, 0.15) is 0 Å². The van der Waals surface area contributed by atoms with Crippen molar-refractivity contribution in [3.8, 4) is 0 Å². The molecule has 68 valence electrons. The van der Waals surface area contributed by atoms with Crippen molar-refractivity contribution in [2.45, 2.75) is 10.4 Å². The maximum atomic E-state index is 11.8. The summed E-state index contributed by atoms with van der Waals surface area (Å²) in [6.07, 6.45) is 0.869. The number of aromatic amines is 1. The second kappa shape index (κ2) is 3.17. The van der Waals surface area contributed by atoms with Gasteiger partial charge in [0.1, 0.15) is 9.50 Å². The van der Waals surface area contributed by atoms with E-state index in [0.29, 0.717) is 0 Å². The second-order valence-corrected chi connectivity index (χ2v) is 4.00. The minimum atomic E-state index is -4.74. The van der Waals surface area contributed by atoms with Crippen LogP contribution >= 0.6 is 15.9 Å². The summed E-state index contributed by atoms with van der Waals surface area (Å²) in [6, 6.07) is 0. The van der Waals surface area contributed by atoms with Crippen LogP contribution in [0.5, 0.6) is 0 Å². The molecule has 1 unspecified atom stereocenters. The molecule has 1 rings (SSSR count). The summed E-state index contributed by atoms with van der Waals surface area (Å²) < 4.78 is 46.1. The van der Waals surface area contributed by atoms with Crippen LogP contribution in [0.2, 0.25) is 0 Å². The van der Waals surface area contributed by atoms with E-state index in [9.17, 15) is 17.4 Å². The highest BCUT2D eigenvalue weighted by Crippen LogP contribution is 2.29. The lowest BCUT2D eigenvalue weighted by Gasteiger charge is -2.02. The molecule has 0 bridgehead atoms. The van der Waals surface area contributed by atoms with Gasteiger partial charge < -0.3 is 0 Å². The minimum absolute atomic E-state index is 0.0156. The van der Waals surface area contributed by atoms with Crippen molar-refractivity contribution in [2.75, 3.05) is 0 Å². The van der Waals surface area contributed by atoms with Gasteiger partial charge in [-0.3, -0.25) is 5.10 Å². The summed E-state index contributed by atoms with van der Waals surface area (Å²) in [5, 5.41) is 5.49. The van der Waals surface area contributed by atoms with Gasteiger partial charge in [0, 0.05) is 0 Å². The standard InChI is InChI=1S/C4H2BrF3N2OS/c5-3-2(1-9-10-3)12(11)4(6,7)8/h1H,(H,9,10). The van der Waals surface area contributed by atoms with Gasteiger partial charge >= 0.3 is 5.51 Å². The predicted molar refractivity (Wildman–Crippen MR) is 38.8 cm³/mol. The molecule has 0 aromatic carbocycles. The fourth-order valence-electron chi connectivity index (χ4n) is 0.513. The van der Waals surface area contributed by atoms with Crippen LogP contribution in [-0.2, 0) is 10.8 Å². The number of alkyl halides is 3. The number of hydrogen-bond acceptors (Lipinski definition) is 2. The van der Waals surface area contributed by atoms with E-state index in [0.717, 1.165) is 6.20 Å². The molecule has 1 aromatic heterocycles. The summed E-state index contributed by atoms with van der Waals surface area (Å²) >= 11 is 2.75. The fraction of sp³-hybridized carbons (Fsp3) is 0.250. The molecule has 0 aliphatic rings. The van der Waals surface area contributed by atoms with Gasteiger partial charge in [-0.2, -0.15) is 18.3 Å². The van der Waals surface area contributed by atoms with E-state index >= 15 is 0 Å². The summed E-state index contributed by atoms with van der Waals surface area (Å²) in [4.78, 5) is -0.400. The molecule has 3 nitrogen and oxygen atoms in total. The summed E-state index contributed by atoms with van der Waals surface area (Å²) in [7, 11) is -3.02. The number of rotatable bonds is 1. The number of halogens is 4. The van der Waals surface area contributed by atoms with E-state index in [1.807, 2.05) is 0 Å². The monoisotopic (exact) mass is 262 g/mol. The molecule has 0 saturated heterocycles. The van der Waals surface area contributed by atoms with Crippen LogP contribution in [0.3, 0.4) is 0 Å². The van der Waals surface area contributed by atoms with Gasteiger partial charge in [-0.05, 0) is 15.9 Å². The Morgan fingerprint density at radius 3 is 2.50 bits per heavy atom. The first-order valence-corrected chi connectivity index (χ1v) is 4.54. The molecule has 0 amide bonds. The number of nitrogens with one attached hydrogen (secondary N) is 1.